The van der Waals surface area contributed by atoms with Crippen LogP contribution in [0.2, 0.25) is 0 Å². The van der Waals surface area contributed by atoms with Crippen molar-refractivity contribution >= 4 is 22.9 Å². The van der Waals surface area contributed by atoms with Crippen LogP contribution in [-0.2, 0) is 12.7 Å². The second-order valence-electron chi connectivity index (χ2n) is 4.63. The van der Waals surface area contributed by atoms with Crippen LogP contribution < -0.4 is 10.6 Å². The lowest BCUT2D eigenvalue weighted by Gasteiger charge is -2.22. The molecule has 0 aliphatic carbocycles. The van der Waals surface area contributed by atoms with Gasteiger partial charge in [0.15, 0.2) is 0 Å². The molecule has 2 aromatic rings. The quantitative estimate of drug-likeness (QED) is 0.668. The van der Waals surface area contributed by atoms with Crippen molar-refractivity contribution in [2.75, 3.05) is 11.9 Å². The molecule has 0 amide bonds. The van der Waals surface area contributed by atoms with Crippen LogP contribution in [-0.4, -0.2) is 12.9 Å². The van der Waals surface area contributed by atoms with E-state index in [0.717, 1.165) is 17.7 Å². The lowest BCUT2D eigenvalue weighted by atomic mass is 10.1. The summed E-state index contributed by atoms with van der Waals surface area (Å²) in [5, 5.41) is 11.4. The molecule has 0 saturated heterocycles. The number of anilines is 1. The van der Waals surface area contributed by atoms with Gasteiger partial charge in [0.25, 0.3) is 0 Å². The van der Waals surface area contributed by atoms with E-state index in [1.165, 1.54) is 6.07 Å². The van der Waals surface area contributed by atoms with Gasteiger partial charge >= 0.3 is 6.18 Å². The Hall–Kier alpha value is -2.02. The first-order valence-corrected chi connectivity index (χ1v) is 7.01. The van der Waals surface area contributed by atoms with Gasteiger partial charge in [0, 0.05) is 24.8 Å². The van der Waals surface area contributed by atoms with Gasteiger partial charge in [0.2, 0.25) is 0 Å². The molecule has 3 N–H and O–H groups in total. The van der Waals surface area contributed by atoms with E-state index in [-0.39, 0.29) is 11.4 Å². The van der Waals surface area contributed by atoms with E-state index in [1.54, 1.807) is 23.3 Å². The third kappa shape index (κ3) is 3.55. The van der Waals surface area contributed by atoms with E-state index < -0.39 is 11.7 Å². The van der Waals surface area contributed by atoms with Crippen molar-refractivity contribution < 1.29 is 13.2 Å². The van der Waals surface area contributed by atoms with Gasteiger partial charge in [0.05, 0.1) is 5.56 Å². The molecule has 0 radical (unpaired) electrons. The largest absolute Gasteiger partial charge is 0.416 e. The highest BCUT2D eigenvalue weighted by Gasteiger charge is 2.31. The smallest absolute Gasteiger partial charge is 0.384 e. The highest BCUT2D eigenvalue weighted by atomic mass is 32.1. The van der Waals surface area contributed by atoms with E-state index in [1.807, 2.05) is 16.8 Å². The van der Waals surface area contributed by atoms with E-state index in [0.29, 0.717) is 12.2 Å². The fourth-order valence-electron chi connectivity index (χ4n) is 2.00. The van der Waals surface area contributed by atoms with Crippen molar-refractivity contribution in [3.8, 4) is 0 Å². The summed E-state index contributed by atoms with van der Waals surface area (Å²) in [4.78, 5) is 1.78. The van der Waals surface area contributed by atoms with Gasteiger partial charge in [-0.15, -0.1) is 0 Å². The number of thiophene rings is 1. The zero-order valence-electron chi connectivity index (χ0n) is 11.2. The summed E-state index contributed by atoms with van der Waals surface area (Å²) in [7, 11) is 1.76. The molecular weight excluding hydrogens is 299 g/mol. The second kappa shape index (κ2) is 5.77. The zero-order valence-corrected chi connectivity index (χ0v) is 12.1. The Morgan fingerprint density at radius 1 is 1.33 bits per heavy atom. The summed E-state index contributed by atoms with van der Waals surface area (Å²) in [6, 6.07) is 5.22. The van der Waals surface area contributed by atoms with Crippen molar-refractivity contribution in [2.24, 2.45) is 5.73 Å². The van der Waals surface area contributed by atoms with Crippen LogP contribution >= 0.6 is 11.3 Å². The zero-order chi connectivity index (χ0) is 15.6. The molecular formula is C14H14F3N3S. The summed E-state index contributed by atoms with van der Waals surface area (Å²) < 4.78 is 38.2. The highest BCUT2D eigenvalue weighted by Crippen LogP contribution is 2.33. The number of rotatable bonds is 4. The summed E-state index contributed by atoms with van der Waals surface area (Å²) in [6.07, 6.45) is -4.45. The van der Waals surface area contributed by atoms with Crippen LogP contribution in [0.15, 0.2) is 35.0 Å². The number of hydrogen-bond acceptors (Lipinski definition) is 3. The first-order chi connectivity index (χ1) is 9.79. The van der Waals surface area contributed by atoms with E-state index in [9.17, 15) is 13.2 Å². The molecule has 21 heavy (non-hydrogen) atoms. The second-order valence-corrected chi connectivity index (χ2v) is 5.41. The molecule has 3 nitrogen and oxygen atoms in total. The number of alkyl halides is 3. The van der Waals surface area contributed by atoms with Crippen LogP contribution in [0.3, 0.4) is 0 Å². The number of nitrogens with two attached hydrogens (primary N) is 1. The van der Waals surface area contributed by atoms with Gasteiger partial charge in [-0.1, -0.05) is 0 Å². The molecule has 0 spiro atoms. The average Bonchev–Trinajstić information content (AvgIpc) is 2.89. The van der Waals surface area contributed by atoms with Crippen molar-refractivity contribution in [3.05, 3.63) is 51.7 Å². The highest BCUT2D eigenvalue weighted by molar-refractivity contribution is 7.07. The molecule has 0 fully saturated rings. The monoisotopic (exact) mass is 313 g/mol. The number of amidine groups is 1. The van der Waals surface area contributed by atoms with Gasteiger partial charge < -0.3 is 10.6 Å². The first-order valence-electron chi connectivity index (χ1n) is 6.07. The van der Waals surface area contributed by atoms with Crippen LogP contribution in [0.4, 0.5) is 18.9 Å². The third-order valence-electron chi connectivity index (χ3n) is 3.03. The fourth-order valence-corrected chi connectivity index (χ4v) is 2.66. The predicted octanol–water partition coefficient (Wildman–Crippen LogP) is 3.69. The summed E-state index contributed by atoms with van der Waals surface area (Å²) >= 11 is 1.55. The Morgan fingerprint density at radius 2 is 2.05 bits per heavy atom. The van der Waals surface area contributed by atoms with E-state index in [4.69, 9.17) is 11.1 Å². The molecule has 1 heterocycles. The molecule has 0 aliphatic rings. The number of nitrogen functional groups attached to an aromatic ring is 1. The van der Waals surface area contributed by atoms with Gasteiger partial charge in [-0.3, -0.25) is 5.41 Å². The predicted molar refractivity (Wildman–Crippen MR) is 78.9 cm³/mol. The van der Waals surface area contributed by atoms with Crippen LogP contribution in [0.25, 0.3) is 0 Å². The van der Waals surface area contributed by atoms with Crippen LogP contribution in [0.1, 0.15) is 16.7 Å². The Morgan fingerprint density at radius 3 is 2.57 bits per heavy atom. The summed E-state index contributed by atoms with van der Waals surface area (Å²) in [5.41, 5.74) is 6.26. The molecule has 7 heteroatoms. The molecule has 1 aromatic carbocycles. The Balaban J connectivity index is 2.36. The fraction of sp³-hybridized carbons (Fsp3) is 0.214. The molecule has 0 bridgehead atoms. The van der Waals surface area contributed by atoms with E-state index in [2.05, 4.69) is 0 Å². The molecule has 1 aromatic heterocycles. The maximum Gasteiger partial charge on any atom is 0.416 e. The number of hydrogen-bond donors (Lipinski definition) is 2. The summed E-state index contributed by atoms with van der Waals surface area (Å²) in [6.45, 7) is 0.537. The lowest BCUT2D eigenvalue weighted by Crippen LogP contribution is -2.22. The Bertz CT molecular complexity index is 635. The number of nitrogens with one attached hydrogen (secondary N) is 1. The van der Waals surface area contributed by atoms with Crippen molar-refractivity contribution in [1.82, 2.24) is 0 Å². The SMILES string of the molecule is CN(Cc1ccsc1)c1ccc(C(F)(F)F)cc1C(=N)N. The standard InChI is InChI=1S/C14H14F3N3S/c1-20(7-9-4-5-21-8-9)12-3-2-10(14(15,16)17)6-11(12)13(18)19/h2-6,8H,7H2,1H3,(H3,18,19). The molecule has 0 aliphatic heterocycles. The molecule has 0 unspecified atom stereocenters. The topological polar surface area (TPSA) is 53.1 Å². The van der Waals surface area contributed by atoms with Gasteiger partial charge in [-0.25, -0.2) is 0 Å². The van der Waals surface area contributed by atoms with Crippen molar-refractivity contribution in [2.45, 2.75) is 12.7 Å². The third-order valence-corrected chi connectivity index (χ3v) is 3.76. The molecule has 0 atom stereocenters. The Labute approximate surface area is 124 Å². The maximum atomic E-state index is 12.7. The minimum absolute atomic E-state index is 0.0857. The average molecular weight is 313 g/mol. The minimum Gasteiger partial charge on any atom is -0.384 e. The van der Waals surface area contributed by atoms with E-state index >= 15 is 0 Å². The Kier molecular flexibility index (Phi) is 4.22. The number of benzene rings is 1. The normalized spacial score (nSPS) is 11.4. The van der Waals surface area contributed by atoms with Crippen molar-refractivity contribution in [1.29, 1.82) is 5.41 Å². The lowest BCUT2D eigenvalue weighted by molar-refractivity contribution is -0.137. The van der Waals surface area contributed by atoms with Gasteiger partial charge in [-0.05, 0) is 40.6 Å². The number of nitrogens with zero attached hydrogens (tertiary/aromatic N) is 1. The number of halogens is 3. The van der Waals surface area contributed by atoms with Crippen LogP contribution in [0, 0.1) is 5.41 Å². The molecule has 0 saturated carbocycles. The molecule has 2 rings (SSSR count). The van der Waals surface area contributed by atoms with Crippen LogP contribution in [0.5, 0.6) is 0 Å². The summed E-state index contributed by atoms with van der Waals surface area (Å²) in [5.74, 6) is -0.381. The molecule has 112 valence electrons. The minimum atomic E-state index is -4.45. The van der Waals surface area contributed by atoms with Crippen molar-refractivity contribution in [3.63, 3.8) is 0 Å². The first kappa shape index (κ1) is 15.4. The van der Waals surface area contributed by atoms with Gasteiger partial charge in [0.1, 0.15) is 5.84 Å². The maximum absolute atomic E-state index is 12.7. The van der Waals surface area contributed by atoms with Gasteiger partial charge in [-0.2, -0.15) is 24.5 Å².